The average Bonchev–Trinajstić information content (AvgIpc) is 2.73. The molecule has 1 aliphatic carbocycles. The van der Waals surface area contributed by atoms with Gasteiger partial charge < -0.3 is 4.74 Å². The molecule has 2 nitrogen and oxygen atoms in total. The Bertz CT molecular complexity index is 371. The quantitative estimate of drug-likeness (QED) is 0.710. The van der Waals surface area contributed by atoms with Gasteiger partial charge in [0.2, 0.25) is 0 Å². The maximum absolute atomic E-state index is 12.0. The lowest BCUT2D eigenvalue weighted by Gasteiger charge is -2.10. The molecule has 1 atom stereocenters. The first kappa shape index (κ1) is 11.3. The van der Waals surface area contributed by atoms with Gasteiger partial charge in [0.1, 0.15) is 6.61 Å². The summed E-state index contributed by atoms with van der Waals surface area (Å²) in [5.41, 5.74) is 2.55. The zero-order valence-electron chi connectivity index (χ0n) is 9.74. The second kappa shape index (κ2) is 5.26. The number of rotatable bonds is 5. The molecule has 0 bridgehead atoms. The molecule has 0 amide bonds. The number of Topliss-reactive ketones (excluding diaryl/α,β-unsaturated/α-hetero) is 1. The number of carbonyl (C=O) groups excluding carboxylic acids is 1. The summed E-state index contributed by atoms with van der Waals surface area (Å²) in [5, 5.41) is 0. The van der Waals surface area contributed by atoms with Gasteiger partial charge in [0, 0.05) is 12.5 Å². The molecule has 0 radical (unpaired) electrons. The van der Waals surface area contributed by atoms with Gasteiger partial charge in [0.05, 0.1) is 0 Å². The highest BCUT2D eigenvalue weighted by Crippen LogP contribution is 2.33. The van der Waals surface area contributed by atoms with Crippen LogP contribution in [0.3, 0.4) is 0 Å². The highest BCUT2D eigenvalue weighted by molar-refractivity contribution is 5.88. The summed E-state index contributed by atoms with van der Waals surface area (Å²) in [7, 11) is 0. The third-order valence-corrected chi connectivity index (χ3v) is 3.11. The summed E-state index contributed by atoms with van der Waals surface area (Å²) >= 11 is 0. The zero-order valence-corrected chi connectivity index (χ0v) is 9.74. The van der Waals surface area contributed by atoms with Crippen molar-refractivity contribution in [1.82, 2.24) is 0 Å². The van der Waals surface area contributed by atoms with Crippen molar-refractivity contribution in [3.8, 4) is 0 Å². The van der Waals surface area contributed by atoms with Crippen molar-refractivity contribution >= 4 is 5.78 Å². The predicted molar refractivity (Wildman–Crippen MR) is 63.6 cm³/mol. The summed E-state index contributed by atoms with van der Waals surface area (Å²) in [6, 6.07) is 8.25. The average molecular weight is 218 g/mol. The first-order valence-corrected chi connectivity index (χ1v) is 6.01. The Morgan fingerprint density at radius 1 is 1.44 bits per heavy atom. The second-order valence-corrected chi connectivity index (χ2v) is 4.31. The minimum absolute atomic E-state index is 0.0769. The van der Waals surface area contributed by atoms with Gasteiger partial charge in [0.25, 0.3) is 0 Å². The highest BCUT2D eigenvalue weighted by Gasteiger charge is 2.27. The molecule has 0 saturated carbocycles. The van der Waals surface area contributed by atoms with Crippen LogP contribution in [-0.2, 0) is 16.0 Å². The van der Waals surface area contributed by atoms with E-state index >= 15 is 0 Å². The van der Waals surface area contributed by atoms with Crippen LogP contribution in [-0.4, -0.2) is 19.0 Å². The van der Waals surface area contributed by atoms with Gasteiger partial charge in [-0.05, 0) is 30.4 Å². The third kappa shape index (κ3) is 2.33. The molecule has 0 aliphatic heterocycles. The molecule has 0 saturated heterocycles. The maximum atomic E-state index is 12.0. The van der Waals surface area contributed by atoms with Crippen LogP contribution >= 0.6 is 0 Å². The van der Waals surface area contributed by atoms with Crippen LogP contribution in [0.1, 0.15) is 36.8 Å². The standard InChI is InChI=1S/C14H18O2/c1-2-9-16-10-14(15)13-8-7-11-5-3-4-6-12(11)13/h3-6,13H,2,7-10H2,1H3. The molecule has 86 valence electrons. The Kier molecular flexibility index (Phi) is 3.73. The van der Waals surface area contributed by atoms with E-state index in [9.17, 15) is 4.79 Å². The van der Waals surface area contributed by atoms with Crippen LogP contribution in [0.2, 0.25) is 0 Å². The molecule has 0 spiro atoms. The number of hydrogen-bond donors (Lipinski definition) is 0. The van der Waals surface area contributed by atoms with Crippen LogP contribution in [0.15, 0.2) is 24.3 Å². The van der Waals surface area contributed by atoms with Crippen molar-refractivity contribution in [3.05, 3.63) is 35.4 Å². The molecule has 0 aromatic heterocycles. The van der Waals surface area contributed by atoms with Gasteiger partial charge in [-0.2, -0.15) is 0 Å². The predicted octanol–water partition coefficient (Wildman–Crippen LogP) is 2.71. The number of aryl methyl sites for hydroxylation is 1. The lowest BCUT2D eigenvalue weighted by molar-refractivity contribution is -0.125. The van der Waals surface area contributed by atoms with Gasteiger partial charge in [-0.1, -0.05) is 31.2 Å². The topological polar surface area (TPSA) is 26.3 Å². The fraction of sp³-hybridized carbons (Fsp3) is 0.500. The molecule has 0 fully saturated rings. The summed E-state index contributed by atoms with van der Waals surface area (Å²) in [5.74, 6) is 0.312. The highest BCUT2D eigenvalue weighted by atomic mass is 16.5. The molecule has 1 aliphatic rings. The molecular weight excluding hydrogens is 200 g/mol. The molecule has 2 rings (SSSR count). The number of fused-ring (bicyclic) bond motifs is 1. The summed E-state index contributed by atoms with van der Waals surface area (Å²) in [6.45, 7) is 3.00. The zero-order chi connectivity index (χ0) is 11.4. The Hall–Kier alpha value is -1.15. The first-order chi connectivity index (χ1) is 7.83. The van der Waals surface area contributed by atoms with Gasteiger partial charge >= 0.3 is 0 Å². The normalized spacial score (nSPS) is 18.4. The van der Waals surface area contributed by atoms with Crippen LogP contribution in [0.4, 0.5) is 0 Å². The number of hydrogen-bond acceptors (Lipinski definition) is 2. The summed E-state index contributed by atoms with van der Waals surface area (Å²) in [4.78, 5) is 12.0. The summed E-state index contributed by atoms with van der Waals surface area (Å²) in [6.07, 6.45) is 2.95. The van der Waals surface area contributed by atoms with Crippen LogP contribution < -0.4 is 0 Å². The molecule has 1 aromatic rings. The molecule has 1 unspecified atom stereocenters. The van der Waals surface area contributed by atoms with E-state index in [4.69, 9.17) is 4.74 Å². The van der Waals surface area contributed by atoms with Crippen molar-refractivity contribution in [1.29, 1.82) is 0 Å². The van der Waals surface area contributed by atoms with Gasteiger partial charge in [-0.25, -0.2) is 0 Å². The Morgan fingerprint density at radius 3 is 3.06 bits per heavy atom. The van der Waals surface area contributed by atoms with Gasteiger partial charge in [-0.3, -0.25) is 4.79 Å². The minimum atomic E-state index is 0.0769. The minimum Gasteiger partial charge on any atom is -0.374 e. The van der Waals surface area contributed by atoms with E-state index in [-0.39, 0.29) is 18.3 Å². The van der Waals surface area contributed by atoms with E-state index in [0.717, 1.165) is 19.3 Å². The number of benzene rings is 1. The Balaban J connectivity index is 1.99. The molecule has 0 N–H and O–H groups in total. The molecular formula is C14H18O2. The second-order valence-electron chi connectivity index (χ2n) is 4.31. The van der Waals surface area contributed by atoms with Crippen molar-refractivity contribution in [2.75, 3.05) is 13.2 Å². The fourth-order valence-corrected chi connectivity index (χ4v) is 2.31. The number of ether oxygens (including phenoxy) is 1. The van der Waals surface area contributed by atoms with Gasteiger partial charge in [0.15, 0.2) is 5.78 Å². The molecule has 2 heteroatoms. The monoisotopic (exact) mass is 218 g/mol. The maximum Gasteiger partial charge on any atom is 0.165 e. The van der Waals surface area contributed by atoms with E-state index in [2.05, 4.69) is 19.1 Å². The van der Waals surface area contributed by atoms with E-state index in [1.165, 1.54) is 11.1 Å². The molecule has 1 aromatic carbocycles. The van der Waals surface area contributed by atoms with E-state index in [1.54, 1.807) is 0 Å². The molecule has 0 heterocycles. The number of ketones is 1. The van der Waals surface area contributed by atoms with E-state index in [1.807, 2.05) is 12.1 Å². The van der Waals surface area contributed by atoms with E-state index < -0.39 is 0 Å². The third-order valence-electron chi connectivity index (χ3n) is 3.11. The first-order valence-electron chi connectivity index (χ1n) is 6.01. The van der Waals surface area contributed by atoms with Crippen molar-refractivity contribution in [2.45, 2.75) is 32.1 Å². The van der Waals surface area contributed by atoms with Crippen molar-refractivity contribution < 1.29 is 9.53 Å². The lowest BCUT2D eigenvalue weighted by atomic mass is 9.97. The van der Waals surface area contributed by atoms with Crippen molar-refractivity contribution in [2.24, 2.45) is 0 Å². The molecule has 16 heavy (non-hydrogen) atoms. The van der Waals surface area contributed by atoms with Crippen molar-refractivity contribution in [3.63, 3.8) is 0 Å². The van der Waals surface area contributed by atoms with Gasteiger partial charge in [-0.15, -0.1) is 0 Å². The van der Waals surface area contributed by atoms with Crippen LogP contribution in [0.25, 0.3) is 0 Å². The van der Waals surface area contributed by atoms with E-state index in [0.29, 0.717) is 6.61 Å². The Labute approximate surface area is 96.6 Å². The number of carbonyl (C=O) groups is 1. The Morgan fingerprint density at radius 2 is 2.25 bits per heavy atom. The van der Waals surface area contributed by atoms with Crippen LogP contribution in [0, 0.1) is 0 Å². The largest absolute Gasteiger partial charge is 0.374 e. The summed E-state index contributed by atoms with van der Waals surface area (Å²) < 4.78 is 5.32. The smallest absolute Gasteiger partial charge is 0.165 e. The fourth-order valence-electron chi connectivity index (χ4n) is 2.31. The lowest BCUT2D eigenvalue weighted by Crippen LogP contribution is -2.16. The SMILES string of the molecule is CCCOCC(=O)C1CCc2ccccc21. The van der Waals surface area contributed by atoms with Crippen LogP contribution in [0.5, 0.6) is 0 Å².